The van der Waals surface area contributed by atoms with Gasteiger partial charge in [-0.1, -0.05) is 67.8 Å². The molecule has 2 aliphatic rings. The topological polar surface area (TPSA) is 69.7 Å². The first-order valence-electron chi connectivity index (χ1n) is 12.9. The molecule has 1 aliphatic heterocycles. The molecule has 36 heavy (non-hydrogen) atoms. The number of nitrogens with one attached hydrogen (secondary N) is 1. The van der Waals surface area contributed by atoms with Crippen LogP contribution in [0.15, 0.2) is 60.7 Å². The van der Waals surface area contributed by atoms with Crippen molar-refractivity contribution in [2.45, 2.75) is 64.6 Å². The van der Waals surface area contributed by atoms with E-state index in [4.69, 9.17) is 0 Å². The van der Waals surface area contributed by atoms with Crippen molar-refractivity contribution < 1.29 is 14.4 Å². The lowest BCUT2D eigenvalue weighted by Crippen LogP contribution is -2.52. The zero-order chi connectivity index (χ0) is 25.2. The Hall–Kier alpha value is -3.67. The van der Waals surface area contributed by atoms with Crippen LogP contribution in [0.3, 0.4) is 0 Å². The van der Waals surface area contributed by atoms with Crippen LogP contribution in [0.2, 0.25) is 0 Å². The lowest BCUT2D eigenvalue weighted by atomic mass is 9.95. The van der Waals surface area contributed by atoms with Gasteiger partial charge in [0.25, 0.3) is 5.91 Å². The molecule has 3 aromatic carbocycles. The van der Waals surface area contributed by atoms with Crippen molar-refractivity contribution in [2.75, 3.05) is 11.4 Å². The van der Waals surface area contributed by atoms with Gasteiger partial charge >= 0.3 is 0 Å². The summed E-state index contributed by atoms with van der Waals surface area (Å²) in [5.41, 5.74) is 3.41. The van der Waals surface area contributed by atoms with Crippen LogP contribution in [0, 0.1) is 6.92 Å². The molecule has 6 nitrogen and oxygen atoms in total. The SMILES string of the molecule is Cc1ccccc1CN(C(=O)CN1C(=O)c2cccc3cccc1c23)C(C)C(=O)NC1CCCCC1. The van der Waals surface area contributed by atoms with E-state index in [1.54, 1.807) is 16.7 Å². The van der Waals surface area contributed by atoms with Crippen LogP contribution < -0.4 is 10.2 Å². The van der Waals surface area contributed by atoms with Crippen LogP contribution in [0.25, 0.3) is 10.8 Å². The third kappa shape index (κ3) is 4.60. The Morgan fingerprint density at radius 2 is 1.72 bits per heavy atom. The van der Waals surface area contributed by atoms with Gasteiger partial charge in [0.1, 0.15) is 12.6 Å². The normalized spacial score (nSPS) is 16.3. The molecule has 1 saturated carbocycles. The maximum Gasteiger partial charge on any atom is 0.259 e. The van der Waals surface area contributed by atoms with Gasteiger partial charge in [-0.15, -0.1) is 0 Å². The van der Waals surface area contributed by atoms with E-state index >= 15 is 0 Å². The van der Waals surface area contributed by atoms with Gasteiger partial charge in [-0.2, -0.15) is 0 Å². The standard InChI is InChI=1S/C30H33N3O3/c1-20-10-6-7-11-23(20)18-32(21(2)29(35)31-24-14-4-3-5-15-24)27(34)19-33-26-17-9-13-22-12-8-16-25(28(22)26)30(33)36/h6-13,16-17,21,24H,3-5,14-15,18-19H2,1-2H3,(H,31,35). The highest BCUT2D eigenvalue weighted by atomic mass is 16.2. The minimum absolute atomic E-state index is 0.112. The van der Waals surface area contributed by atoms with E-state index in [0.29, 0.717) is 12.1 Å². The first-order chi connectivity index (χ1) is 17.4. The van der Waals surface area contributed by atoms with E-state index in [2.05, 4.69) is 5.32 Å². The van der Waals surface area contributed by atoms with Gasteiger partial charge in [-0.05, 0) is 55.3 Å². The average molecular weight is 484 g/mol. The van der Waals surface area contributed by atoms with Gasteiger partial charge < -0.3 is 10.2 Å². The van der Waals surface area contributed by atoms with Gasteiger partial charge in [-0.3, -0.25) is 19.3 Å². The lowest BCUT2D eigenvalue weighted by Gasteiger charge is -2.32. The van der Waals surface area contributed by atoms with E-state index in [1.165, 1.54) is 6.42 Å². The number of amides is 3. The molecule has 0 saturated heterocycles. The third-order valence-corrected chi connectivity index (χ3v) is 7.66. The lowest BCUT2D eigenvalue weighted by molar-refractivity contribution is -0.139. The van der Waals surface area contributed by atoms with Gasteiger partial charge in [0, 0.05) is 23.5 Å². The molecule has 0 radical (unpaired) electrons. The molecular formula is C30H33N3O3. The summed E-state index contributed by atoms with van der Waals surface area (Å²) in [7, 11) is 0. The smallest absolute Gasteiger partial charge is 0.259 e. The molecule has 1 N–H and O–H groups in total. The second-order valence-electron chi connectivity index (χ2n) is 10.0. The second kappa shape index (κ2) is 10.1. The highest BCUT2D eigenvalue weighted by molar-refractivity contribution is 6.26. The van der Waals surface area contributed by atoms with Crippen molar-refractivity contribution in [3.63, 3.8) is 0 Å². The maximum absolute atomic E-state index is 13.8. The van der Waals surface area contributed by atoms with Crippen molar-refractivity contribution in [2.24, 2.45) is 0 Å². The van der Waals surface area contributed by atoms with Gasteiger partial charge in [0.2, 0.25) is 11.8 Å². The van der Waals surface area contributed by atoms with Crippen molar-refractivity contribution in [1.29, 1.82) is 0 Å². The molecule has 0 aromatic heterocycles. The Morgan fingerprint density at radius 3 is 2.47 bits per heavy atom. The summed E-state index contributed by atoms with van der Waals surface area (Å²) in [6.45, 7) is 3.99. The largest absolute Gasteiger partial charge is 0.352 e. The van der Waals surface area contributed by atoms with Crippen LogP contribution in [0.1, 0.15) is 60.5 Å². The number of carbonyl (C=O) groups excluding carboxylic acids is 3. The first-order valence-corrected chi connectivity index (χ1v) is 12.9. The number of hydrogen-bond donors (Lipinski definition) is 1. The van der Waals surface area contributed by atoms with Crippen LogP contribution in [-0.4, -0.2) is 41.2 Å². The highest BCUT2D eigenvalue weighted by Gasteiger charge is 2.34. The number of rotatable bonds is 7. The summed E-state index contributed by atoms with van der Waals surface area (Å²) in [5.74, 6) is -0.560. The predicted molar refractivity (Wildman–Crippen MR) is 142 cm³/mol. The number of benzene rings is 3. The number of carbonyl (C=O) groups is 3. The molecule has 1 unspecified atom stereocenters. The van der Waals surface area contributed by atoms with Crippen LogP contribution in [-0.2, 0) is 16.1 Å². The van der Waals surface area contributed by atoms with Gasteiger partial charge in [0.05, 0.1) is 5.69 Å². The first kappa shape index (κ1) is 24.0. The van der Waals surface area contributed by atoms with E-state index in [0.717, 1.165) is 53.3 Å². The average Bonchev–Trinajstić information content (AvgIpc) is 3.16. The summed E-state index contributed by atoms with van der Waals surface area (Å²) in [4.78, 5) is 43.6. The molecule has 1 atom stereocenters. The summed E-state index contributed by atoms with van der Waals surface area (Å²) < 4.78 is 0. The zero-order valence-corrected chi connectivity index (χ0v) is 21.0. The fraction of sp³-hybridized carbons (Fsp3) is 0.367. The summed E-state index contributed by atoms with van der Waals surface area (Å²) >= 11 is 0. The molecule has 6 heteroatoms. The molecule has 186 valence electrons. The minimum Gasteiger partial charge on any atom is -0.352 e. The second-order valence-corrected chi connectivity index (χ2v) is 10.0. The molecular weight excluding hydrogens is 450 g/mol. The molecule has 0 bridgehead atoms. The molecule has 0 spiro atoms. The molecule has 1 fully saturated rings. The third-order valence-electron chi connectivity index (χ3n) is 7.66. The maximum atomic E-state index is 13.8. The van der Waals surface area contributed by atoms with E-state index in [1.807, 2.05) is 67.6 Å². The molecule has 3 amide bonds. The number of hydrogen-bond acceptors (Lipinski definition) is 3. The Morgan fingerprint density at radius 1 is 1.00 bits per heavy atom. The van der Waals surface area contributed by atoms with Crippen molar-refractivity contribution in [3.05, 3.63) is 77.4 Å². The Labute approximate surface area is 212 Å². The van der Waals surface area contributed by atoms with E-state index in [-0.39, 0.29) is 30.3 Å². The van der Waals surface area contributed by atoms with Crippen molar-refractivity contribution >= 4 is 34.2 Å². The van der Waals surface area contributed by atoms with E-state index < -0.39 is 6.04 Å². The summed E-state index contributed by atoms with van der Waals surface area (Å²) in [6.07, 6.45) is 5.41. The molecule has 5 rings (SSSR count). The van der Waals surface area contributed by atoms with Gasteiger partial charge in [-0.25, -0.2) is 0 Å². The minimum atomic E-state index is -0.657. The van der Waals surface area contributed by atoms with Gasteiger partial charge in [0.15, 0.2) is 0 Å². The fourth-order valence-corrected chi connectivity index (χ4v) is 5.48. The number of anilines is 1. The fourth-order valence-electron chi connectivity index (χ4n) is 5.48. The summed E-state index contributed by atoms with van der Waals surface area (Å²) in [5, 5.41) is 5.03. The van der Waals surface area contributed by atoms with Crippen molar-refractivity contribution in [3.8, 4) is 0 Å². The Kier molecular flexibility index (Phi) is 6.77. The number of nitrogens with zero attached hydrogens (tertiary/aromatic N) is 2. The quantitative estimate of drug-likeness (QED) is 0.516. The highest BCUT2D eigenvalue weighted by Crippen LogP contribution is 2.37. The Bertz CT molecular complexity index is 1310. The zero-order valence-electron chi connectivity index (χ0n) is 21.0. The number of aryl methyl sites for hydroxylation is 1. The molecule has 3 aromatic rings. The molecule has 1 aliphatic carbocycles. The predicted octanol–water partition coefficient (Wildman–Crippen LogP) is 4.97. The van der Waals surface area contributed by atoms with Crippen LogP contribution >= 0.6 is 0 Å². The van der Waals surface area contributed by atoms with Crippen LogP contribution in [0.4, 0.5) is 5.69 Å². The summed E-state index contributed by atoms with van der Waals surface area (Å²) in [6, 6.07) is 18.8. The van der Waals surface area contributed by atoms with E-state index in [9.17, 15) is 14.4 Å². The monoisotopic (exact) mass is 483 g/mol. The molecule has 1 heterocycles. The Balaban J connectivity index is 1.40. The van der Waals surface area contributed by atoms with Crippen molar-refractivity contribution in [1.82, 2.24) is 10.2 Å². The van der Waals surface area contributed by atoms with Crippen LogP contribution in [0.5, 0.6) is 0 Å².